The van der Waals surface area contributed by atoms with Crippen LogP contribution in [0.3, 0.4) is 0 Å². The van der Waals surface area contributed by atoms with Gasteiger partial charge in [-0.05, 0) is 61.9 Å². The molecule has 2 heteroatoms. The lowest BCUT2D eigenvalue weighted by Crippen LogP contribution is -2.26. The van der Waals surface area contributed by atoms with Gasteiger partial charge in [-0.25, -0.2) is 0 Å². The Kier molecular flexibility index (Phi) is 7.57. The number of benzene rings is 1. The Balaban J connectivity index is 2.58. The van der Waals surface area contributed by atoms with Gasteiger partial charge >= 0.3 is 0 Å². The SMILES string of the molecule is CCCNCC(Cc1cccc(OC)c1)CC(C)C. The molecule has 1 rings (SSSR count). The van der Waals surface area contributed by atoms with E-state index in [1.807, 2.05) is 6.07 Å². The van der Waals surface area contributed by atoms with E-state index in [1.165, 1.54) is 18.4 Å². The van der Waals surface area contributed by atoms with Crippen LogP contribution in [0.15, 0.2) is 24.3 Å². The Morgan fingerprint density at radius 1 is 1.26 bits per heavy atom. The molecule has 0 fully saturated rings. The molecule has 0 aliphatic rings. The van der Waals surface area contributed by atoms with E-state index in [0.717, 1.165) is 31.2 Å². The lowest BCUT2D eigenvalue weighted by atomic mass is 9.91. The third-order valence-electron chi connectivity index (χ3n) is 3.32. The van der Waals surface area contributed by atoms with Crippen LogP contribution in [-0.2, 0) is 6.42 Å². The van der Waals surface area contributed by atoms with Crippen molar-refractivity contribution in [3.63, 3.8) is 0 Å². The molecule has 0 aliphatic carbocycles. The molecule has 1 atom stereocenters. The van der Waals surface area contributed by atoms with Crippen LogP contribution < -0.4 is 10.1 Å². The predicted octanol–water partition coefficient (Wildman–Crippen LogP) is 3.90. The summed E-state index contributed by atoms with van der Waals surface area (Å²) < 4.78 is 5.30. The van der Waals surface area contributed by atoms with Crippen molar-refractivity contribution in [2.24, 2.45) is 11.8 Å². The van der Waals surface area contributed by atoms with Gasteiger partial charge in [-0.2, -0.15) is 0 Å². The summed E-state index contributed by atoms with van der Waals surface area (Å²) in [6, 6.07) is 8.46. The van der Waals surface area contributed by atoms with Crippen LogP contribution in [0.4, 0.5) is 0 Å². The highest BCUT2D eigenvalue weighted by Crippen LogP contribution is 2.20. The molecule has 0 saturated heterocycles. The van der Waals surface area contributed by atoms with Crippen LogP contribution in [0.25, 0.3) is 0 Å². The van der Waals surface area contributed by atoms with Crippen molar-refractivity contribution < 1.29 is 4.74 Å². The van der Waals surface area contributed by atoms with Gasteiger partial charge in [-0.1, -0.05) is 32.9 Å². The molecule has 0 aromatic heterocycles. The summed E-state index contributed by atoms with van der Waals surface area (Å²) in [5.74, 6) is 2.42. The Labute approximate surface area is 118 Å². The van der Waals surface area contributed by atoms with Gasteiger partial charge in [0, 0.05) is 0 Å². The van der Waals surface area contributed by atoms with Gasteiger partial charge in [0.25, 0.3) is 0 Å². The molecule has 2 nitrogen and oxygen atoms in total. The molecule has 0 bridgehead atoms. The Morgan fingerprint density at radius 2 is 2.05 bits per heavy atom. The summed E-state index contributed by atoms with van der Waals surface area (Å²) in [7, 11) is 1.73. The normalized spacial score (nSPS) is 12.7. The van der Waals surface area contributed by atoms with E-state index >= 15 is 0 Å². The number of hydrogen-bond donors (Lipinski definition) is 1. The molecule has 108 valence electrons. The smallest absolute Gasteiger partial charge is 0.119 e. The highest BCUT2D eigenvalue weighted by Gasteiger charge is 2.12. The first kappa shape index (κ1) is 16.0. The first-order valence-corrected chi connectivity index (χ1v) is 7.49. The fourth-order valence-electron chi connectivity index (χ4n) is 2.52. The molecule has 19 heavy (non-hydrogen) atoms. The van der Waals surface area contributed by atoms with Crippen molar-refractivity contribution in [2.75, 3.05) is 20.2 Å². The third kappa shape index (κ3) is 6.63. The first-order valence-electron chi connectivity index (χ1n) is 7.49. The fourth-order valence-corrected chi connectivity index (χ4v) is 2.52. The summed E-state index contributed by atoms with van der Waals surface area (Å²) in [6.07, 6.45) is 3.60. The molecule has 0 aliphatic heterocycles. The third-order valence-corrected chi connectivity index (χ3v) is 3.32. The second-order valence-corrected chi connectivity index (χ2v) is 5.76. The molecular formula is C17H29NO. The lowest BCUT2D eigenvalue weighted by molar-refractivity contribution is 0.383. The van der Waals surface area contributed by atoms with E-state index in [1.54, 1.807) is 7.11 Å². The summed E-state index contributed by atoms with van der Waals surface area (Å²) in [6.45, 7) is 9.05. The largest absolute Gasteiger partial charge is 0.497 e. The molecule has 1 N–H and O–H groups in total. The van der Waals surface area contributed by atoms with E-state index in [4.69, 9.17) is 4.74 Å². The number of hydrogen-bond acceptors (Lipinski definition) is 2. The molecular weight excluding hydrogens is 234 g/mol. The molecule has 0 saturated carbocycles. The molecule has 1 aromatic rings. The first-order chi connectivity index (χ1) is 9.15. The Hall–Kier alpha value is -1.02. The van der Waals surface area contributed by atoms with Gasteiger partial charge in [-0.3, -0.25) is 0 Å². The van der Waals surface area contributed by atoms with Gasteiger partial charge in [0.15, 0.2) is 0 Å². The van der Waals surface area contributed by atoms with Gasteiger partial charge < -0.3 is 10.1 Å². The maximum Gasteiger partial charge on any atom is 0.119 e. The minimum Gasteiger partial charge on any atom is -0.497 e. The minimum atomic E-state index is 0.707. The van der Waals surface area contributed by atoms with Crippen LogP contribution in [0, 0.1) is 11.8 Å². The zero-order chi connectivity index (χ0) is 14.1. The topological polar surface area (TPSA) is 21.3 Å². The van der Waals surface area contributed by atoms with Gasteiger partial charge in [-0.15, -0.1) is 0 Å². The quantitative estimate of drug-likeness (QED) is 0.682. The van der Waals surface area contributed by atoms with Crippen LogP contribution in [-0.4, -0.2) is 20.2 Å². The fraction of sp³-hybridized carbons (Fsp3) is 0.647. The molecule has 0 amide bonds. The van der Waals surface area contributed by atoms with Crippen LogP contribution >= 0.6 is 0 Å². The lowest BCUT2D eigenvalue weighted by Gasteiger charge is -2.20. The van der Waals surface area contributed by atoms with Crippen molar-refractivity contribution in [3.8, 4) is 5.75 Å². The monoisotopic (exact) mass is 263 g/mol. The highest BCUT2D eigenvalue weighted by atomic mass is 16.5. The average Bonchev–Trinajstić information content (AvgIpc) is 2.38. The van der Waals surface area contributed by atoms with Gasteiger partial charge in [0.1, 0.15) is 5.75 Å². The molecule has 0 spiro atoms. The van der Waals surface area contributed by atoms with Crippen LogP contribution in [0.1, 0.15) is 39.2 Å². The minimum absolute atomic E-state index is 0.707. The second kappa shape index (κ2) is 8.98. The highest BCUT2D eigenvalue weighted by molar-refractivity contribution is 5.28. The van der Waals surface area contributed by atoms with E-state index in [0.29, 0.717) is 5.92 Å². The molecule has 0 heterocycles. The van der Waals surface area contributed by atoms with E-state index in [9.17, 15) is 0 Å². The molecule has 1 unspecified atom stereocenters. The van der Waals surface area contributed by atoms with E-state index < -0.39 is 0 Å². The summed E-state index contributed by atoms with van der Waals surface area (Å²) in [5.41, 5.74) is 1.38. The van der Waals surface area contributed by atoms with Crippen molar-refractivity contribution in [2.45, 2.75) is 40.0 Å². The number of ether oxygens (including phenoxy) is 1. The van der Waals surface area contributed by atoms with E-state index in [2.05, 4.69) is 44.3 Å². The zero-order valence-electron chi connectivity index (χ0n) is 12.9. The summed E-state index contributed by atoms with van der Waals surface area (Å²) >= 11 is 0. The standard InChI is InChI=1S/C17H29NO/c1-5-9-18-13-16(10-14(2)3)11-15-7-6-8-17(12-15)19-4/h6-8,12,14,16,18H,5,9-11,13H2,1-4H3. The average molecular weight is 263 g/mol. The number of rotatable bonds is 9. The Morgan fingerprint density at radius 3 is 2.68 bits per heavy atom. The van der Waals surface area contributed by atoms with Crippen molar-refractivity contribution in [1.29, 1.82) is 0 Å². The van der Waals surface area contributed by atoms with Gasteiger partial charge in [0.2, 0.25) is 0 Å². The van der Waals surface area contributed by atoms with E-state index in [-0.39, 0.29) is 0 Å². The van der Waals surface area contributed by atoms with Crippen molar-refractivity contribution >= 4 is 0 Å². The predicted molar refractivity (Wildman–Crippen MR) is 82.8 cm³/mol. The van der Waals surface area contributed by atoms with Crippen molar-refractivity contribution in [1.82, 2.24) is 5.32 Å². The maximum absolute atomic E-state index is 5.30. The number of methoxy groups -OCH3 is 1. The molecule has 1 aromatic carbocycles. The second-order valence-electron chi connectivity index (χ2n) is 5.76. The Bertz CT molecular complexity index is 349. The van der Waals surface area contributed by atoms with Crippen LogP contribution in [0.2, 0.25) is 0 Å². The zero-order valence-corrected chi connectivity index (χ0v) is 12.9. The summed E-state index contributed by atoms with van der Waals surface area (Å²) in [5, 5.41) is 3.56. The van der Waals surface area contributed by atoms with Gasteiger partial charge in [0.05, 0.1) is 7.11 Å². The maximum atomic E-state index is 5.30. The number of nitrogens with one attached hydrogen (secondary N) is 1. The summed E-state index contributed by atoms with van der Waals surface area (Å²) in [4.78, 5) is 0. The molecule has 0 radical (unpaired) electrons. The van der Waals surface area contributed by atoms with Crippen molar-refractivity contribution in [3.05, 3.63) is 29.8 Å². The van der Waals surface area contributed by atoms with Crippen LogP contribution in [0.5, 0.6) is 5.75 Å².